The number of aromatic nitrogens is 1. The molecule has 33 heavy (non-hydrogen) atoms. The van der Waals surface area contributed by atoms with Gasteiger partial charge in [0.15, 0.2) is 0 Å². The molecule has 0 aliphatic carbocycles. The van der Waals surface area contributed by atoms with Gasteiger partial charge in [-0.25, -0.2) is 0 Å². The van der Waals surface area contributed by atoms with Crippen molar-refractivity contribution >= 4 is 11.8 Å². The van der Waals surface area contributed by atoms with Crippen LogP contribution in [0.4, 0.5) is 0 Å². The molecule has 1 N–H and O–H groups in total. The van der Waals surface area contributed by atoms with E-state index in [9.17, 15) is 9.59 Å². The van der Waals surface area contributed by atoms with Crippen molar-refractivity contribution in [3.63, 3.8) is 0 Å². The van der Waals surface area contributed by atoms with Crippen molar-refractivity contribution < 1.29 is 14.3 Å². The summed E-state index contributed by atoms with van der Waals surface area (Å²) >= 11 is 0. The number of pyridine rings is 1. The summed E-state index contributed by atoms with van der Waals surface area (Å²) < 4.78 is 5.73. The second-order valence-corrected chi connectivity index (χ2v) is 9.29. The number of piperidine rings is 1. The van der Waals surface area contributed by atoms with E-state index in [0.29, 0.717) is 45.5 Å². The lowest BCUT2D eigenvalue weighted by atomic mass is 9.72. The van der Waals surface area contributed by atoms with E-state index >= 15 is 0 Å². The lowest BCUT2D eigenvalue weighted by Crippen LogP contribution is -2.53. The van der Waals surface area contributed by atoms with Gasteiger partial charge in [-0.2, -0.15) is 0 Å². The average molecular weight is 450 g/mol. The highest BCUT2D eigenvalue weighted by Gasteiger charge is 2.43. The number of nitrogens with zero attached hydrogens (tertiary/aromatic N) is 2. The minimum atomic E-state index is -0.530. The zero-order chi connectivity index (χ0) is 23.1. The minimum absolute atomic E-state index is 0.0908. The first-order chi connectivity index (χ1) is 16.1. The molecule has 6 heteroatoms. The van der Waals surface area contributed by atoms with E-state index in [1.807, 2.05) is 29.3 Å². The van der Waals surface area contributed by atoms with Gasteiger partial charge in [-0.15, -0.1) is 0 Å². The molecule has 1 aromatic heterocycles. The molecular formula is C27H35N3O3. The Kier molecular flexibility index (Phi) is 7.76. The van der Waals surface area contributed by atoms with E-state index in [0.717, 1.165) is 42.4 Å². The fourth-order valence-electron chi connectivity index (χ4n) is 5.05. The third kappa shape index (κ3) is 5.44. The van der Waals surface area contributed by atoms with Crippen molar-refractivity contribution in [2.45, 2.75) is 58.0 Å². The fourth-order valence-corrected chi connectivity index (χ4v) is 5.05. The maximum absolute atomic E-state index is 13.5. The summed E-state index contributed by atoms with van der Waals surface area (Å²) in [5.74, 6) is 0.194. The molecule has 0 saturated carbocycles. The Labute approximate surface area is 196 Å². The van der Waals surface area contributed by atoms with Crippen molar-refractivity contribution in [3.05, 3.63) is 54.4 Å². The van der Waals surface area contributed by atoms with Crippen LogP contribution >= 0.6 is 0 Å². The molecule has 1 aromatic carbocycles. The van der Waals surface area contributed by atoms with E-state index in [2.05, 4.69) is 35.4 Å². The highest BCUT2D eigenvalue weighted by atomic mass is 16.5. The molecule has 4 rings (SSSR count). The predicted molar refractivity (Wildman–Crippen MR) is 129 cm³/mol. The number of hydrogen-bond acceptors (Lipinski definition) is 4. The van der Waals surface area contributed by atoms with Crippen LogP contribution in [-0.2, 0) is 20.7 Å². The van der Waals surface area contributed by atoms with Gasteiger partial charge in [0, 0.05) is 44.2 Å². The Morgan fingerprint density at radius 1 is 1.15 bits per heavy atom. The molecule has 176 valence electrons. The molecule has 2 amide bonds. The summed E-state index contributed by atoms with van der Waals surface area (Å²) in [5.41, 5.74) is 2.78. The first-order valence-electron chi connectivity index (χ1n) is 12.3. The van der Waals surface area contributed by atoms with Crippen molar-refractivity contribution in [2.24, 2.45) is 5.41 Å². The fraction of sp³-hybridized carbons (Fsp3) is 0.519. The second-order valence-electron chi connectivity index (χ2n) is 9.29. The molecule has 2 fully saturated rings. The van der Waals surface area contributed by atoms with Gasteiger partial charge in [0.2, 0.25) is 5.91 Å². The van der Waals surface area contributed by atoms with Crippen LogP contribution in [0, 0.1) is 5.41 Å². The van der Waals surface area contributed by atoms with Crippen molar-refractivity contribution in [2.75, 3.05) is 26.2 Å². The van der Waals surface area contributed by atoms with Gasteiger partial charge < -0.3 is 15.0 Å². The number of nitrogens with one attached hydrogen (secondary N) is 1. The van der Waals surface area contributed by atoms with Crippen LogP contribution in [0.5, 0.6) is 0 Å². The number of rotatable bonds is 7. The quantitative estimate of drug-likeness (QED) is 0.694. The Bertz CT molecular complexity index is 933. The van der Waals surface area contributed by atoms with Gasteiger partial charge in [0.1, 0.15) is 6.10 Å². The molecular weight excluding hydrogens is 414 g/mol. The SMILES string of the molecule is CCCNC(=O)C1(Cc2ccccc2-c2cccnc2)CCN(C(=O)[C@H]2CCCCO2)CC1. The lowest BCUT2D eigenvalue weighted by molar-refractivity contribution is -0.151. The van der Waals surface area contributed by atoms with Crippen LogP contribution in [0.15, 0.2) is 48.8 Å². The molecule has 0 radical (unpaired) electrons. The summed E-state index contributed by atoms with van der Waals surface area (Å²) in [6.45, 7) is 4.58. The molecule has 2 aromatic rings. The Morgan fingerprint density at radius 3 is 2.67 bits per heavy atom. The molecule has 3 heterocycles. The highest BCUT2D eigenvalue weighted by molar-refractivity contribution is 5.85. The third-order valence-corrected chi connectivity index (χ3v) is 7.02. The zero-order valence-corrected chi connectivity index (χ0v) is 19.6. The van der Waals surface area contributed by atoms with Crippen molar-refractivity contribution in [3.8, 4) is 11.1 Å². The predicted octanol–water partition coefficient (Wildman–Crippen LogP) is 4.00. The molecule has 2 saturated heterocycles. The number of carbonyl (C=O) groups excluding carboxylic acids is 2. The summed E-state index contributed by atoms with van der Waals surface area (Å²) in [6, 6.07) is 12.3. The molecule has 0 spiro atoms. The zero-order valence-electron chi connectivity index (χ0n) is 19.6. The monoisotopic (exact) mass is 449 g/mol. The second kappa shape index (κ2) is 10.9. The number of likely N-dealkylation sites (tertiary alicyclic amines) is 1. The molecule has 6 nitrogen and oxygen atoms in total. The van der Waals surface area contributed by atoms with E-state index in [-0.39, 0.29) is 17.9 Å². The third-order valence-electron chi connectivity index (χ3n) is 7.02. The molecule has 0 unspecified atom stereocenters. The maximum atomic E-state index is 13.5. The number of amides is 2. The number of ether oxygens (including phenoxy) is 1. The van der Waals surface area contributed by atoms with Crippen molar-refractivity contribution in [1.82, 2.24) is 15.2 Å². The van der Waals surface area contributed by atoms with Gasteiger partial charge in [0.25, 0.3) is 5.91 Å². The summed E-state index contributed by atoms with van der Waals surface area (Å²) in [4.78, 5) is 32.6. The van der Waals surface area contributed by atoms with Crippen LogP contribution in [0.2, 0.25) is 0 Å². The largest absolute Gasteiger partial charge is 0.368 e. The number of carbonyl (C=O) groups is 2. The van der Waals surface area contributed by atoms with Gasteiger partial charge in [-0.1, -0.05) is 37.3 Å². The maximum Gasteiger partial charge on any atom is 0.251 e. The average Bonchev–Trinajstić information content (AvgIpc) is 2.88. The van der Waals surface area contributed by atoms with E-state index < -0.39 is 5.41 Å². The van der Waals surface area contributed by atoms with Crippen LogP contribution in [0.3, 0.4) is 0 Å². The van der Waals surface area contributed by atoms with E-state index in [4.69, 9.17) is 4.74 Å². The lowest BCUT2D eigenvalue weighted by Gasteiger charge is -2.42. The van der Waals surface area contributed by atoms with Gasteiger partial charge in [-0.3, -0.25) is 14.6 Å². The van der Waals surface area contributed by atoms with Crippen LogP contribution in [0.25, 0.3) is 11.1 Å². The molecule has 2 aliphatic rings. The first-order valence-corrected chi connectivity index (χ1v) is 12.3. The van der Waals surface area contributed by atoms with Crippen LogP contribution in [0.1, 0.15) is 51.0 Å². The standard InChI is InChI=1S/C27H35N3O3/c1-2-14-29-26(32)27(12-16-30(17-13-27)25(31)24-11-5-6-18-33-24)19-21-8-3-4-10-23(21)22-9-7-15-28-20-22/h3-4,7-10,15,20,24H,2,5-6,11-14,16-19H2,1H3,(H,29,32)/t24-/m1/s1. The first kappa shape index (κ1) is 23.4. The summed E-state index contributed by atoms with van der Waals surface area (Å²) in [5, 5.41) is 3.15. The van der Waals surface area contributed by atoms with Gasteiger partial charge in [-0.05, 0) is 62.1 Å². The normalized spacial score (nSPS) is 20.3. The van der Waals surface area contributed by atoms with Crippen LogP contribution in [-0.4, -0.2) is 54.0 Å². The van der Waals surface area contributed by atoms with Crippen LogP contribution < -0.4 is 5.32 Å². The molecule has 1 atom stereocenters. The molecule has 0 bridgehead atoms. The number of benzene rings is 1. The van der Waals surface area contributed by atoms with Crippen molar-refractivity contribution in [1.29, 1.82) is 0 Å². The summed E-state index contributed by atoms with van der Waals surface area (Å²) in [6.07, 6.45) is 9.06. The summed E-state index contributed by atoms with van der Waals surface area (Å²) in [7, 11) is 0. The highest BCUT2D eigenvalue weighted by Crippen LogP contribution is 2.38. The Balaban J connectivity index is 1.55. The number of hydrogen-bond donors (Lipinski definition) is 1. The topological polar surface area (TPSA) is 71.5 Å². The van der Waals surface area contributed by atoms with E-state index in [1.165, 1.54) is 0 Å². The van der Waals surface area contributed by atoms with Gasteiger partial charge in [0.05, 0.1) is 5.41 Å². The Morgan fingerprint density at radius 2 is 1.97 bits per heavy atom. The smallest absolute Gasteiger partial charge is 0.251 e. The molecule has 2 aliphatic heterocycles. The van der Waals surface area contributed by atoms with Gasteiger partial charge >= 0.3 is 0 Å². The minimum Gasteiger partial charge on any atom is -0.368 e. The van der Waals surface area contributed by atoms with E-state index in [1.54, 1.807) is 6.20 Å². The Hall–Kier alpha value is -2.73.